The Bertz CT molecular complexity index is 1200. The first kappa shape index (κ1) is 20.5. The van der Waals surface area contributed by atoms with E-state index in [-0.39, 0.29) is 22.5 Å². The number of carbonyl (C=O) groups is 4. The fourth-order valence-electron chi connectivity index (χ4n) is 4.81. The molecule has 0 bridgehead atoms. The van der Waals surface area contributed by atoms with Gasteiger partial charge in [0.15, 0.2) is 17.3 Å². The van der Waals surface area contributed by atoms with E-state index in [0.717, 1.165) is 0 Å². The molecule has 0 fully saturated rings. The number of rotatable bonds is 2. The lowest BCUT2D eigenvalue weighted by atomic mass is 9.63. The molecule has 9 heteroatoms. The van der Waals surface area contributed by atoms with Crippen molar-refractivity contribution in [1.82, 2.24) is 4.90 Å². The number of primary amides is 1. The molecule has 0 unspecified atom stereocenters. The Hall–Kier alpha value is -3.72. The molecule has 1 aromatic rings. The number of ketones is 3. The second-order valence-electron chi connectivity index (χ2n) is 8.07. The van der Waals surface area contributed by atoms with E-state index < -0.39 is 63.8 Å². The van der Waals surface area contributed by atoms with Crippen molar-refractivity contribution in [3.63, 3.8) is 0 Å². The number of allylic oxidation sites excluding steroid dienone is 1. The minimum Gasteiger partial charge on any atom is -0.507 e. The van der Waals surface area contributed by atoms with Crippen LogP contribution in [0.25, 0.3) is 0 Å². The topological polar surface area (TPSA) is 158 Å². The first-order chi connectivity index (χ1) is 14.5. The van der Waals surface area contributed by atoms with Crippen LogP contribution in [0.4, 0.5) is 0 Å². The number of Topliss-reactive ketones (excluding diaryl/α,β-unsaturated/α-hetero) is 3. The highest BCUT2D eigenvalue weighted by atomic mass is 16.3. The van der Waals surface area contributed by atoms with E-state index in [1.165, 1.54) is 25.1 Å². The van der Waals surface area contributed by atoms with Gasteiger partial charge >= 0.3 is 0 Å². The van der Waals surface area contributed by atoms with Gasteiger partial charge in [-0.1, -0.05) is 19.1 Å². The van der Waals surface area contributed by atoms with Crippen LogP contribution in [-0.4, -0.2) is 63.6 Å². The highest BCUT2D eigenvalue weighted by Crippen LogP contribution is 2.50. The van der Waals surface area contributed by atoms with E-state index >= 15 is 0 Å². The molecule has 5 N–H and O–H groups in total. The summed E-state index contributed by atoms with van der Waals surface area (Å²) in [5, 5.41) is 32.0. The minimum atomic E-state index is -1.28. The predicted molar refractivity (Wildman–Crippen MR) is 107 cm³/mol. The van der Waals surface area contributed by atoms with Gasteiger partial charge in [0.1, 0.15) is 28.9 Å². The first-order valence-corrected chi connectivity index (χ1v) is 9.53. The van der Waals surface area contributed by atoms with Crippen LogP contribution in [0.2, 0.25) is 0 Å². The highest BCUT2D eigenvalue weighted by molar-refractivity contribution is 6.28. The Balaban J connectivity index is 2.08. The van der Waals surface area contributed by atoms with Gasteiger partial charge in [0.2, 0.25) is 0 Å². The van der Waals surface area contributed by atoms with E-state index in [0.29, 0.717) is 5.56 Å². The van der Waals surface area contributed by atoms with Gasteiger partial charge in [-0.15, -0.1) is 0 Å². The minimum absolute atomic E-state index is 0.0423. The summed E-state index contributed by atoms with van der Waals surface area (Å²) < 4.78 is 0. The molecule has 9 nitrogen and oxygen atoms in total. The number of phenols is 1. The molecule has 1 aromatic carbocycles. The summed E-state index contributed by atoms with van der Waals surface area (Å²) in [6, 6.07) is 3.20. The summed E-state index contributed by atoms with van der Waals surface area (Å²) in [5.74, 6) is -7.17. The van der Waals surface area contributed by atoms with Crippen molar-refractivity contribution in [3.8, 4) is 5.75 Å². The molecule has 0 saturated heterocycles. The van der Waals surface area contributed by atoms with E-state index in [9.17, 15) is 34.5 Å². The zero-order valence-electron chi connectivity index (χ0n) is 17.0. The molecule has 3 aliphatic carbocycles. The highest BCUT2D eigenvalue weighted by Gasteiger charge is 2.53. The van der Waals surface area contributed by atoms with Gasteiger partial charge in [-0.05, 0) is 31.6 Å². The SMILES string of the molecule is C[C@H]1c2cccc(O)c2C(=O)C2=C(O)C3=C(C(=O)[C@@H]21)[C@H](N(C)C)C(=O)C(C(N)=O)=C3O. The van der Waals surface area contributed by atoms with Crippen molar-refractivity contribution in [2.45, 2.75) is 18.9 Å². The number of aliphatic hydroxyl groups is 2. The lowest BCUT2D eigenvalue weighted by molar-refractivity contribution is -0.126. The number of likely N-dealkylation sites (N-methyl/N-ethyl adjacent to an activating group) is 1. The maximum absolute atomic E-state index is 13.6. The van der Waals surface area contributed by atoms with Crippen LogP contribution in [0.5, 0.6) is 5.75 Å². The number of carbonyl (C=O) groups excluding carboxylic acids is 4. The zero-order chi connectivity index (χ0) is 22.9. The van der Waals surface area contributed by atoms with Gasteiger partial charge in [0.25, 0.3) is 5.91 Å². The van der Waals surface area contributed by atoms with Crippen molar-refractivity contribution >= 4 is 23.3 Å². The van der Waals surface area contributed by atoms with Gasteiger partial charge in [-0.25, -0.2) is 0 Å². The van der Waals surface area contributed by atoms with Crippen molar-refractivity contribution in [1.29, 1.82) is 0 Å². The molecular formula is C22H20N2O7. The lowest BCUT2D eigenvalue weighted by Crippen LogP contribution is -2.50. The number of fused-ring (bicyclic) bond motifs is 2. The molecule has 160 valence electrons. The molecule has 0 aliphatic heterocycles. The first-order valence-electron chi connectivity index (χ1n) is 9.53. The maximum atomic E-state index is 13.6. The molecule has 31 heavy (non-hydrogen) atoms. The van der Waals surface area contributed by atoms with Crippen LogP contribution < -0.4 is 5.73 Å². The molecule has 0 aromatic heterocycles. The van der Waals surface area contributed by atoms with Crippen LogP contribution in [0.15, 0.2) is 52.0 Å². The van der Waals surface area contributed by atoms with Gasteiger partial charge in [-0.2, -0.15) is 0 Å². The molecule has 1 amide bonds. The third-order valence-electron chi connectivity index (χ3n) is 6.16. The fourth-order valence-corrected chi connectivity index (χ4v) is 4.81. The molecule has 4 rings (SSSR count). The molecule has 0 heterocycles. The number of phenolic OH excluding ortho intramolecular Hbond substituents is 1. The third-order valence-corrected chi connectivity index (χ3v) is 6.16. The number of hydrogen-bond acceptors (Lipinski definition) is 8. The summed E-state index contributed by atoms with van der Waals surface area (Å²) in [5.41, 5.74) is 3.96. The molecular weight excluding hydrogens is 404 g/mol. The Morgan fingerprint density at radius 1 is 1.00 bits per heavy atom. The van der Waals surface area contributed by atoms with Crippen LogP contribution in [0.1, 0.15) is 28.8 Å². The van der Waals surface area contributed by atoms with Crippen molar-refractivity contribution in [2.75, 3.05) is 14.1 Å². The molecule has 0 spiro atoms. The summed E-state index contributed by atoms with van der Waals surface area (Å²) in [4.78, 5) is 53.0. The Kier molecular flexibility index (Phi) is 4.40. The molecule has 0 saturated carbocycles. The number of benzene rings is 1. The summed E-state index contributed by atoms with van der Waals surface area (Å²) in [6.07, 6.45) is 0. The maximum Gasteiger partial charge on any atom is 0.256 e. The number of aromatic hydroxyl groups is 1. The van der Waals surface area contributed by atoms with E-state index in [1.807, 2.05) is 0 Å². The normalized spacial score (nSPS) is 25.7. The van der Waals surface area contributed by atoms with Crippen LogP contribution in [0, 0.1) is 5.92 Å². The zero-order valence-corrected chi connectivity index (χ0v) is 17.0. The Morgan fingerprint density at radius 3 is 2.23 bits per heavy atom. The predicted octanol–water partition coefficient (Wildman–Crippen LogP) is 0.810. The number of hydrogen-bond donors (Lipinski definition) is 4. The average molecular weight is 424 g/mol. The lowest BCUT2D eigenvalue weighted by Gasteiger charge is -2.40. The average Bonchev–Trinajstić information content (AvgIpc) is 2.67. The van der Waals surface area contributed by atoms with Gasteiger partial charge in [0.05, 0.1) is 22.6 Å². The largest absolute Gasteiger partial charge is 0.507 e. The summed E-state index contributed by atoms with van der Waals surface area (Å²) >= 11 is 0. The summed E-state index contributed by atoms with van der Waals surface area (Å²) in [6.45, 7) is 1.67. The Labute approximate surface area is 176 Å². The smallest absolute Gasteiger partial charge is 0.256 e. The number of aliphatic hydroxyl groups excluding tert-OH is 2. The fraction of sp³-hybridized carbons (Fsp3) is 0.273. The van der Waals surface area contributed by atoms with Crippen LogP contribution in [-0.2, 0) is 14.4 Å². The monoisotopic (exact) mass is 424 g/mol. The van der Waals surface area contributed by atoms with Crippen LogP contribution in [0.3, 0.4) is 0 Å². The standard InChI is InChI=1S/C22H20N2O7/c1-7-8-5-4-6-9(25)11(8)18(27)13-10(7)17(26)12-14(19(13)28)20(29)15(22(23)31)21(30)16(12)24(2)3/h4-7,10,16,25,28-29H,1-3H3,(H2,23,31)/t7-,10+,16-/m0/s1. The third kappa shape index (κ3) is 2.53. The van der Waals surface area contributed by atoms with E-state index in [4.69, 9.17) is 5.73 Å². The molecule has 0 radical (unpaired) electrons. The van der Waals surface area contributed by atoms with Crippen molar-refractivity contribution in [2.24, 2.45) is 11.7 Å². The second kappa shape index (κ2) is 6.64. The summed E-state index contributed by atoms with van der Waals surface area (Å²) in [7, 11) is 3.00. The van der Waals surface area contributed by atoms with E-state index in [2.05, 4.69) is 0 Å². The van der Waals surface area contributed by atoms with Crippen LogP contribution >= 0.6 is 0 Å². The van der Waals surface area contributed by atoms with E-state index in [1.54, 1.807) is 19.1 Å². The van der Waals surface area contributed by atoms with Gasteiger partial charge in [-0.3, -0.25) is 24.1 Å². The Morgan fingerprint density at radius 2 is 1.65 bits per heavy atom. The van der Waals surface area contributed by atoms with Gasteiger partial charge in [0, 0.05) is 5.57 Å². The van der Waals surface area contributed by atoms with Gasteiger partial charge < -0.3 is 21.1 Å². The molecule has 3 aliphatic rings. The number of nitrogens with two attached hydrogens (primary N) is 1. The second-order valence-corrected chi connectivity index (χ2v) is 8.07. The molecule has 3 atom stereocenters. The quantitative estimate of drug-likeness (QED) is 0.508. The van der Waals surface area contributed by atoms with Crippen molar-refractivity contribution in [3.05, 3.63) is 63.1 Å². The number of nitrogens with zero attached hydrogens (tertiary/aromatic N) is 1. The number of amides is 1. The van der Waals surface area contributed by atoms with Crippen molar-refractivity contribution < 1.29 is 34.5 Å².